The van der Waals surface area contributed by atoms with Crippen LogP contribution in [0.4, 0.5) is 0 Å². The van der Waals surface area contributed by atoms with Crippen LogP contribution in [0.25, 0.3) is 0 Å². The van der Waals surface area contributed by atoms with Gasteiger partial charge in [0.05, 0.1) is 8.22 Å². The van der Waals surface area contributed by atoms with Gasteiger partial charge in [-0.05, 0) is 0 Å². The van der Waals surface area contributed by atoms with Crippen LogP contribution in [-0.2, 0) is 0 Å². The van der Waals surface area contributed by atoms with Crippen LogP contribution in [0, 0.1) is 0 Å². The molecular formula is C6H8O2. The smallest absolute Gasteiger partial charge is 0.102 e. The predicted octanol–water partition coefficient (Wildman–Crippen LogP) is -0.166. The van der Waals surface area contributed by atoms with E-state index in [1.54, 1.807) is 0 Å². The van der Waals surface area contributed by atoms with Crippen molar-refractivity contribution < 1.29 is 18.4 Å². The molecule has 0 saturated carbocycles. The predicted molar refractivity (Wildman–Crippen MR) is 30.3 cm³/mol. The Labute approximate surface area is 56.2 Å². The fourth-order valence-electron chi connectivity index (χ4n) is 0.299. The highest BCUT2D eigenvalue weighted by atomic mass is 16.3. The quantitative estimate of drug-likeness (QED) is 0.464. The first-order valence-corrected chi connectivity index (χ1v) is 1.95. The molecule has 2 heteroatoms. The highest BCUT2D eigenvalue weighted by Gasteiger charge is 2.09. The minimum absolute atomic E-state index is 0.829. The van der Waals surface area contributed by atoms with Crippen LogP contribution in [0.3, 0.4) is 0 Å². The van der Waals surface area contributed by atoms with Gasteiger partial charge in [-0.1, -0.05) is 24.2 Å². The first-order valence-electron chi connectivity index (χ1n) is 4.95. The van der Waals surface area contributed by atoms with Crippen molar-refractivity contribution in [2.75, 3.05) is 0 Å². The minimum Gasteiger partial charge on any atom is -0.386 e. The van der Waals surface area contributed by atoms with E-state index in [-0.39, 0.29) is 0 Å². The topological polar surface area (TPSA) is 40.5 Å². The van der Waals surface area contributed by atoms with E-state index in [9.17, 15) is 10.2 Å². The van der Waals surface area contributed by atoms with Gasteiger partial charge in [-0.15, -0.1) is 0 Å². The Morgan fingerprint density at radius 3 is 2.00 bits per heavy atom. The fraction of sp³-hybridized carbons (Fsp3) is 0.333. The molecule has 2 atom stereocenters. The summed E-state index contributed by atoms with van der Waals surface area (Å²) in [5.41, 5.74) is 0. The summed E-state index contributed by atoms with van der Waals surface area (Å²) in [6.45, 7) is 0. The third kappa shape index (κ3) is 0.967. The Bertz CT molecular complexity index is 308. The molecule has 0 aliphatic heterocycles. The van der Waals surface area contributed by atoms with E-state index in [1.165, 1.54) is 0 Å². The van der Waals surface area contributed by atoms with Crippen molar-refractivity contribution in [3.05, 3.63) is 24.2 Å². The van der Waals surface area contributed by atoms with Crippen molar-refractivity contribution >= 4 is 0 Å². The first kappa shape index (κ1) is 1.69. The molecule has 0 aromatic carbocycles. The van der Waals surface area contributed by atoms with Gasteiger partial charge in [-0.3, -0.25) is 0 Å². The maximum atomic E-state index is 9.26. The van der Waals surface area contributed by atoms with E-state index in [4.69, 9.17) is 8.22 Å². The zero-order valence-electron chi connectivity index (χ0n) is 9.89. The van der Waals surface area contributed by atoms with Gasteiger partial charge in [0.25, 0.3) is 0 Å². The molecule has 2 nitrogen and oxygen atoms in total. The van der Waals surface area contributed by atoms with Crippen LogP contribution >= 0.6 is 0 Å². The summed E-state index contributed by atoms with van der Waals surface area (Å²) in [6.07, 6.45) is -6.16. The average Bonchev–Trinajstić information content (AvgIpc) is 2.10. The third-order valence-corrected chi connectivity index (χ3v) is 0.649. The molecule has 1 rings (SSSR count). The number of hydrogen-bond acceptors (Lipinski definition) is 2. The lowest BCUT2D eigenvalue weighted by atomic mass is 10.1. The Hall–Kier alpha value is -0.600. The molecule has 1 aliphatic carbocycles. The van der Waals surface area contributed by atoms with Crippen LogP contribution in [-0.4, -0.2) is 22.4 Å². The molecule has 1 aliphatic rings. The number of allylic oxidation sites excluding steroid dienone is 2. The summed E-state index contributed by atoms with van der Waals surface area (Å²) >= 11 is 0. The summed E-state index contributed by atoms with van der Waals surface area (Å²) in [5.74, 6) is 0. The zero-order chi connectivity index (χ0) is 11.3. The molecule has 2 N–H and O–H groups in total. The van der Waals surface area contributed by atoms with E-state index in [2.05, 4.69) is 0 Å². The zero-order valence-corrected chi connectivity index (χ0v) is 3.89. The molecule has 0 aromatic heterocycles. The largest absolute Gasteiger partial charge is 0.386 e. The lowest BCUT2D eigenvalue weighted by Crippen LogP contribution is -2.22. The molecule has 0 radical (unpaired) electrons. The summed E-state index contributed by atoms with van der Waals surface area (Å²) < 4.78 is 42.6. The van der Waals surface area contributed by atoms with Gasteiger partial charge >= 0.3 is 0 Å². The summed E-state index contributed by atoms with van der Waals surface area (Å²) in [4.78, 5) is 0. The molecule has 0 unspecified atom stereocenters. The maximum absolute atomic E-state index is 9.26. The van der Waals surface area contributed by atoms with Crippen molar-refractivity contribution in [1.29, 1.82) is 0 Å². The normalized spacial score (nSPS) is 69.8. The second-order valence-electron chi connectivity index (χ2n) is 1.20. The Morgan fingerprint density at radius 1 is 1.25 bits per heavy atom. The van der Waals surface area contributed by atoms with Crippen LogP contribution in [0.5, 0.6) is 0 Å². The molecule has 0 spiro atoms. The molecule has 0 amide bonds. The molecular weight excluding hydrogens is 104 g/mol. The average molecular weight is 118 g/mol. The van der Waals surface area contributed by atoms with Crippen LogP contribution < -0.4 is 0 Å². The summed E-state index contributed by atoms with van der Waals surface area (Å²) in [6, 6.07) is -3.78. The van der Waals surface area contributed by atoms with Gasteiger partial charge in [0, 0.05) is 0 Å². The SMILES string of the molecule is [2H]C1=C([2H])[C@]([2H])(O)[C@]([2H])(O)C([2H])=C1[2H]. The van der Waals surface area contributed by atoms with Crippen molar-refractivity contribution in [3.63, 3.8) is 0 Å². The Morgan fingerprint density at radius 2 is 1.62 bits per heavy atom. The number of hydrogen-bond donors (Lipinski definition) is 2. The summed E-state index contributed by atoms with van der Waals surface area (Å²) in [7, 11) is 0. The van der Waals surface area contributed by atoms with E-state index in [1.807, 2.05) is 0 Å². The molecule has 8 heavy (non-hydrogen) atoms. The highest BCUT2D eigenvalue weighted by molar-refractivity contribution is 5.15. The second-order valence-corrected chi connectivity index (χ2v) is 1.20. The Balaban J connectivity index is 3.48. The van der Waals surface area contributed by atoms with E-state index >= 15 is 0 Å². The molecule has 0 fully saturated rings. The van der Waals surface area contributed by atoms with E-state index in [0.717, 1.165) is 0 Å². The van der Waals surface area contributed by atoms with Gasteiger partial charge in [-0.2, -0.15) is 0 Å². The molecule has 0 aromatic rings. The lowest BCUT2D eigenvalue weighted by molar-refractivity contribution is 0.0794. The third-order valence-electron chi connectivity index (χ3n) is 0.649. The number of aliphatic hydroxyl groups is 2. The minimum atomic E-state index is -3.08. The molecule has 44 valence electrons. The first-order chi connectivity index (χ1) is 6.14. The van der Waals surface area contributed by atoms with E-state index in [0.29, 0.717) is 0 Å². The molecule has 0 bridgehead atoms. The van der Waals surface area contributed by atoms with Crippen molar-refractivity contribution in [1.82, 2.24) is 0 Å². The fourth-order valence-corrected chi connectivity index (χ4v) is 0.299. The number of rotatable bonds is 0. The van der Waals surface area contributed by atoms with Gasteiger partial charge in [-0.25, -0.2) is 0 Å². The summed E-state index contributed by atoms with van der Waals surface area (Å²) in [5, 5.41) is 18.5. The van der Waals surface area contributed by atoms with Crippen LogP contribution in [0.1, 0.15) is 8.22 Å². The van der Waals surface area contributed by atoms with Gasteiger partial charge in [0.15, 0.2) is 0 Å². The second kappa shape index (κ2) is 2.11. The van der Waals surface area contributed by atoms with E-state index < -0.39 is 36.4 Å². The van der Waals surface area contributed by atoms with Crippen LogP contribution in [0.2, 0.25) is 0 Å². The van der Waals surface area contributed by atoms with Crippen molar-refractivity contribution in [2.24, 2.45) is 0 Å². The molecule has 0 saturated heterocycles. The monoisotopic (exact) mass is 118 g/mol. The molecule has 0 heterocycles. The maximum Gasteiger partial charge on any atom is 0.102 e. The van der Waals surface area contributed by atoms with Crippen LogP contribution in [0.15, 0.2) is 24.2 Å². The standard InChI is InChI=1S/C6H8O2/c7-5-3-1-2-4-6(5)8/h1-8H/t5-,6+/i1D,2D,3D,4D,5D,6D. The van der Waals surface area contributed by atoms with Crippen molar-refractivity contribution in [2.45, 2.75) is 12.2 Å². The van der Waals surface area contributed by atoms with Gasteiger partial charge in [0.1, 0.15) is 12.2 Å². The van der Waals surface area contributed by atoms with Crippen molar-refractivity contribution in [3.8, 4) is 0 Å². The highest BCUT2D eigenvalue weighted by Crippen LogP contribution is 2.02. The Kier molecular flexibility index (Phi) is 0.446. The lowest BCUT2D eigenvalue weighted by Gasteiger charge is -2.11. The van der Waals surface area contributed by atoms with Gasteiger partial charge in [0.2, 0.25) is 0 Å². The van der Waals surface area contributed by atoms with Gasteiger partial charge < -0.3 is 10.2 Å².